The van der Waals surface area contributed by atoms with E-state index in [1.54, 1.807) is 48.5 Å². The summed E-state index contributed by atoms with van der Waals surface area (Å²) in [5, 5.41) is 12.5. The molecule has 0 aliphatic carbocycles. The molecule has 5 rings (SSSR count). The van der Waals surface area contributed by atoms with Crippen LogP contribution >= 0.6 is 0 Å². The van der Waals surface area contributed by atoms with Gasteiger partial charge >= 0.3 is 5.97 Å². The lowest BCUT2D eigenvalue weighted by Gasteiger charge is -2.19. The molecule has 0 aromatic heterocycles. The lowest BCUT2D eigenvalue weighted by molar-refractivity contribution is -0.137. The third-order valence-electron chi connectivity index (χ3n) is 6.89. The molecule has 0 aliphatic rings. The fraction of sp³-hybridized carbons (Fsp3) is 0.135. The van der Waals surface area contributed by atoms with E-state index in [4.69, 9.17) is 14.2 Å². The number of carbonyl (C=O) groups is 2. The number of amides is 1. The van der Waals surface area contributed by atoms with Crippen molar-refractivity contribution in [3.63, 3.8) is 0 Å². The Morgan fingerprint density at radius 2 is 1.16 bits per heavy atom. The van der Waals surface area contributed by atoms with Gasteiger partial charge in [-0.15, -0.1) is 0 Å². The van der Waals surface area contributed by atoms with Crippen LogP contribution in [0.25, 0.3) is 0 Å². The topological polar surface area (TPSA) is 94.1 Å². The largest absolute Gasteiger partial charge is 0.489 e. The highest BCUT2D eigenvalue weighted by Gasteiger charge is 2.21. The Hall–Kier alpha value is -5.56. The van der Waals surface area contributed by atoms with Crippen LogP contribution in [0.15, 0.2) is 133 Å². The van der Waals surface area contributed by atoms with E-state index >= 15 is 0 Å². The van der Waals surface area contributed by atoms with Crippen LogP contribution in [-0.4, -0.2) is 17.0 Å². The van der Waals surface area contributed by atoms with E-state index < -0.39 is 17.9 Å². The molecule has 1 unspecified atom stereocenters. The van der Waals surface area contributed by atoms with Crippen LogP contribution in [0.3, 0.4) is 0 Å². The van der Waals surface area contributed by atoms with Crippen molar-refractivity contribution in [1.29, 1.82) is 0 Å². The summed E-state index contributed by atoms with van der Waals surface area (Å²) in [6.07, 6.45) is -0.283. The smallest absolute Gasteiger partial charge is 0.305 e. The van der Waals surface area contributed by atoms with E-state index in [0.29, 0.717) is 41.6 Å². The Labute approximate surface area is 256 Å². The van der Waals surface area contributed by atoms with E-state index in [0.717, 1.165) is 16.7 Å². The number of ether oxygens (including phenoxy) is 3. The number of hydrogen-bond acceptors (Lipinski definition) is 5. The zero-order valence-corrected chi connectivity index (χ0v) is 24.1. The maximum atomic E-state index is 13.4. The molecule has 0 heterocycles. The predicted molar refractivity (Wildman–Crippen MR) is 168 cm³/mol. The van der Waals surface area contributed by atoms with Crippen molar-refractivity contribution in [3.05, 3.63) is 161 Å². The van der Waals surface area contributed by atoms with Crippen LogP contribution in [0.4, 0.5) is 0 Å². The van der Waals surface area contributed by atoms with Crippen LogP contribution in [0.2, 0.25) is 0 Å². The molecule has 5 aromatic rings. The lowest BCUT2D eigenvalue weighted by atomic mass is 10.0. The first-order chi connectivity index (χ1) is 21.5. The van der Waals surface area contributed by atoms with Crippen LogP contribution in [0.1, 0.15) is 45.1 Å². The molecule has 44 heavy (non-hydrogen) atoms. The molecule has 0 spiro atoms. The normalized spacial score (nSPS) is 11.3. The molecule has 222 valence electrons. The standard InChI is InChI=1S/C37H33NO6/c39-36(40)23-34(30-18-20-31(21-19-30)42-24-27-10-3-1-4-11-27)38-37(41)33-16-7-8-17-35(33)44-26-29-14-9-15-32(22-29)43-25-28-12-5-2-6-13-28/h1-22,34H,23-26H2,(H,38,41)(H,39,40). The average molecular weight is 588 g/mol. The van der Waals surface area contributed by atoms with Crippen LogP contribution < -0.4 is 19.5 Å². The molecular weight excluding hydrogens is 554 g/mol. The Morgan fingerprint density at radius 1 is 0.591 bits per heavy atom. The second kappa shape index (κ2) is 15.1. The number of carbonyl (C=O) groups excluding carboxylic acids is 1. The second-order valence-electron chi connectivity index (χ2n) is 10.2. The fourth-order valence-electron chi connectivity index (χ4n) is 4.61. The van der Waals surface area contributed by atoms with Crippen molar-refractivity contribution in [2.75, 3.05) is 0 Å². The van der Waals surface area contributed by atoms with Crippen LogP contribution in [-0.2, 0) is 24.6 Å². The minimum atomic E-state index is -1.03. The van der Waals surface area contributed by atoms with Crippen molar-refractivity contribution >= 4 is 11.9 Å². The highest BCUT2D eigenvalue weighted by atomic mass is 16.5. The number of para-hydroxylation sites is 1. The molecule has 0 aliphatic heterocycles. The SMILES string of the molecule is O=C(O)CC(NC(=O)c1ccccc1OCc1cccc(OCc2ccccc2)c1)c1ccc(OCc2ccccc2)cc1. The third kappa shape index (κ3) is 8.72. The Morgan fingerprint density at radius 3 is 1.82 bits per heavy atom. The summed E-state index contributed by atoms with van der Waals surface area (Å²) in [5.41, 5.74) is 3.95. The van der Waals surface area contributed by atoms with Crippen molar-refractivity contribution in [3.8, 4) is 17.2 Å². The van der Waals surface area contributed by atoms with Crippen LogP contribution in [0.5, 0.6) is 17.2 Å². The molecule has 0 saturated heterocycles. The number of carboxylic acids is 1. The number of aliphatic carboxylic acids is 1. The number of carboxylic acid groups (broad SMARTS) is 1. The Balaban J connectivity index is 1.22. The molecule has 0 radical (unpaired) electrons. The van der Waals surface area contributed by atoms with Gasteiger partial charge in [-0.3, -0.25) is 9.59 Å². The maximum Gasteiger partial charge on any atom is 0.305 e. The van der Waals surface area contributed by atoms with Crippen molar-refractivity contribution in [2.45, 2.75) is 32.3 Å². The molecule has 0 fully saturated rings. The lowest BCUT2D eigenvalue weighted by Crippen LogP contribution is -2.30. The first-order valence-electron chi connectivity index (χ1n) is 14.3. The highest BCUT2D eigenvalue weighted by molar-refractivity contribution is 5.97. The number of rotatable bonds is 14. The summed E-state index contributed by atoms with van der Waals surface area (Å²) in [4.78, 5) is 25.1. The van der Waals surface area contributed by atoms with Gasteiger partial charge in [-0.25, -0.2) is 0 Å². The van der Waals surface area contributed by atoms with Gasteiger partial charge in [0.05, 0.1) is 18.0 Å². The van der Waals surface area contributed by atoms with Crippen molar-refractivity contribution < 1.29 is 28.9 Å². The van der Waals surface area contributed by atoms with E-state index in [-0.39, 0.29) is 13.0 Å². The first kappa shape index (κ1) is 29.9. The first-order valence-corrected chi connectivity index (χ1v) is 14.3. The summed E-state index contributed by atoms with van der Waals surface area (Å²) in [6, 6.07) is 40.6. The summed E-state index contributed by atoms with van der Waals surface area (Å²) in [6.45, 7) is 1.09. The molecule has 5 aromatic carbocycles. The minimum Gasteiger partial charge on any atom is -0.489 e. The van der Waals surface area contributed by atoms with Crippen molar-refractivity contribution in [2.24, 2.45) is 0 Å². The third-order valence-corrected chi connectivity index (χ3v) is 6.89. The second-order valence-corrected chi connectivity index (χ2v) is 10.2. The zero-order chi connectivity index (χ0) is 30.6. The molecule has 0 bridgehead atoms. The van der Waals surface area contributed by atoms with Crippen LogP contribution in [0, 0.1) is 0 Å². The average Bonchev–Trinajstić information content (AvgIpc) is 3.06. The van der Waals surface area contributed by atoms with Gasteiger partial charge < -0.3 is 24.6 Å². The number of benzene rings is 5. The molecule has 7 heteroatoms. The molecule has 1 atom stereocenters. The van der Waals surface area contributed by atoms with Gasteiger partial charge in [-0.05, 0) is 58.7 Å². The van der Waals surface area contributed by atoms with E-state index in [2.05, 4.69) is 5.32 Å². The molecule has 7 nitrogen and oxygen atoms in total. The summed E-state index contributed by atoms with van der Waals surface area (Å²) in [5.74, 6) is 0.286. The highest BCUT2D eigenvalue weighted by Crippen LogP contribution is 2.25. The van der Waals surface area contributed by atoms with E-state index in [1.165, 1.54) is 0 Å². The molecule has 1 amide bonds. The van der Waals surface area contributed by atoms with E-state index in [1.807, 2.05) is 84.9 Å². The minimum absolute atomic E-state index is 0.218. The zero-order valence-electron chi connectivity index (χ0n) is 24.1. The quantitative estimate of drug-likeness (QED) is 0.141. The van der Waals surface area contributed by atoms with Gasteiger partial charge in [0.15, 0.2) is 0 Å². The predicted octanol–water partition coefficient (Wildman–Crippen LogP) is 7.37. The summed E-state index contributed by atoms with van der Waals surface area (Å²) >= 11 is 0. The number of hydrogen-bond donors (Lipinski definition) is 2. The maximum absolute atomic E-state index is 13.4. The van der Waals surface area contributed by atoms with Gasteiger partial charge in [-0.2, -0.15) is 0 Å². The van der Waals surface area contributed by atoms with Gasteiger partial charge in [-0.1, -0.05) is 97.1 Å². The Bertz CT molecular complexity index is 1660. The van der Waals surface area contributed by atoms with E-state index in [9.17, 15) is 14.7 Å². The summed E-state index contributed by atoms with van der Waals surface area (Å²) in [7, 11) is 0. The van der Waals surface area contributed by atoms with Gasteiger partial charge in [0.25, 0.3) is 5.91 Å². The molecular formula is C37H33NO6. The summed E-state index contributed by atoms with van der Waals surface area (Å²) < 4.78 is 17.8. The van der Waals surface area contributed by atoms with Gasteiger partial charge in [0.1, 0.15) is 37.1 Å². The fourth-order valence-corrected chi connectivity index (χ4v) is 4.61. The van der Waals surface area contributed by atoms with Crippen molar-refractivity contribution in [1.82, 2.24) is 5.32 Å². The molecule has 2 N–H and O–H groups in total. The number of nitrogens with one attached hydrogen (secondary N) is 1. The molecule has 0 saturated carbocycles. The van der Waals surface area contributed by atoms with Gasteiger partial charge in [0, 0.05) is 0 Å². The Kier molecular flexibility index (Phi) is 10.2. The monoisotopic (exact) mass is 587 g/mol. The van der Waals surface area contributed by atoms with Gasteiger partial charge in [0.2, 0.25) is 0 Å².